The molecule has 2 fully saturated rings. The predicted molar refractivity (Wildman–Crippen MR) is 72.9 cm³/mol. The third-order valence-corrected chi connectivity index (χ3v) is 4.30. The van der Waals surface area contributed by atoms with Crippen LogP contribution in [0, 0.1) is 0 Å². The molecule has 2 saturated heterocycles. The number of nitrogens with zero attached hydrogens (tertiary/aromatic N) is 4. The normalized spacial score (nSPS) is 24.9. The standard InChI is InChI=1S/C12H18ClN5/c13-10-11(14)15-8-16-12(10)18-6-5-17-4-2-1-3-9(17)7-18/h8-9H,1-7H2,(H2,14,15,16). The zero-order chi connectivity index (χ0) is 12.5. The van der Waals surface area contributed by atoms with E-state index in [1.165, 1.54) is 32.1 Å². The van der Waals surface area contributed by atoms with Crippen molar-refractivity contribution in [1.29, 1.82) is 0 Å². The minimum Gasteiger partial charge on any atom is -0.382 e. The maximum absolute atomic E-state index is 6.20. The molecule has 0 radical (unpaired) electrons. The fraction of sp³-hybridized carbons (Fsp3) is 0.667. The van der Waals surface area contributed by atoms with E-state index in [1.54, 1.807) is 0 Å². The van der Waals surface area contributed by atoms with E-state index < -0.39 is 0 Å². The Morgan fingerprint density at radius 1 is 1.22 bits per heavy atom. The number of piperazine rings is 1. The second-order valence-electron chi connectivity index (χ2n) is 5.03. The smallest absolute Gasteiger partial charge is 0.153 e. The van der Waals surface area contributed by atoms with Gasteiger partial charge >= 0.3 is 0 Å². The average Bonchev–Trinajstić information content (AvgIpc) is 2.41. The number of nitrogen functional groups attached to an aromatic ring is 1. The quantitative estimate of drug-likeness (QED) is 0.833. The highest BCUT2D eigenvalue weighted by Gasteiger charge is 2.30. The van der Waals surface area contributed by atoms with Gasteiger partial charge in [0.2, 0.25) is 0 Å². The van der Waals surface area contributed by atoms with E-state index in [1.807, 2.05) is 0 Å². The molecule has 2 aliphatic rings. The minimum absolute atomic E-state index is 0.368. The molecule has 0 saturated carbocycles. The third-order valence-electron chi connectivity index (χ3n) is 3.93. The monoisotopic (exact) mass is 267 g/mol. The van der Waals surface area contributed by atoms with Gasteiger partial charge in [-0.3, -0.25) is 4.90 Å². The number of rotatable bonds is 1. The summed E-state index contributed by atoms with van der Waals surface area (Å²) in [5.74, 6) is 1.15. The zero-order valence-electron chi connectivity index (χ0n) is 10.3. The Morgan fingerprint density at radius 2 is 2.11 bits per heavy atom. The van der Waals surface area contributed by atoms with Gasteiger partial charge in [0.05, 0.1) is 0 Å². The van der Waals surface area contributed by atoms with Gasteiger partial charge in [-0.15, -0.1) is 0 Å². The Kier molecular flexibility index (Phi) is 3.26. The van der Waals surface area contributed by atoms with Crippen LogP contribution >= 0.6 is 11.6 Å². The van der Waals surface area contributed by atoms with E-state index in [0.29, 0.717) is 16.9 Å². The fourth-order valence-electron chi connectivity index (χ4n) is 2.94. The fourth-order valence-corrected chi connectivity index (χ4v) is 3.16. The molecule has 2 aliphatic heterocycles. The second kappa shape index (κ2) is 4.90. The molecule has 0 spiro atoms. The van der Waals surface area contributed by atoms with E-state index in [4.69, 9.17) is 17.3 Å². The van der Waals surface area contributed by atoms with Crippen molar-refractivity contribution in [2.24, 2.45) is 0 Å². The van der Waals surface area contributed by atoms with Crippen molar-refractivity contribution in [3.8, 4) is 0 Å². The van der Waals surface area contributed by atoms with Crippen LogP contribution in [0.2, 0.25) is 5.02 Å². The summed E-state index contributed by atoms with van der Waals surface area (Å²) in [5.41, 5.74) is 5.74. The summed E-state index contributed by atoms with van der Waals surface area (Å²) < 4.78 is 0. The highest BCUT2D eigenvalue weighted by Crippen LogP contribution is 2.30. The van der Waals surface area contributed by atoms with Crippen LogP contribution < -0.4 is 10.6 Å². The molecular weight excluding hydrogens is 250 g/mol. The van der Waals surface area contributed by atoms with E-state index in [9.17, 15) is 0 Å². The predicted octanol–water partition coefficient (Wildman–Crippen LogP) is 1.39. The van der Waals surface area contributed by atoms with Gasteiger partial charge in [-0.1, -0.05) is 18.0 Å². The summed E-state index contributed by atoms with van der Waals surface area (Å²) in [6, 6.07) is 0.639. The van der Waals surface area contributed by atoms with E-state index in [0.717, 1.165) is 25.5 Å². The van der Waals surface area contributed by atoms with E-state index >= 15 is 0 Å². The molecule has 98 valence electrons. The van der Waals surface area contributed by atoms with Crippen molar-refractivity contribution in [3.63, 3.8) is 0 Å². The second-order valence-corrected chi connectivity index (χ2v) is 5.41. The number of nitrogens with two attached hydrogens (primary N) is 1. The van der Waals surface area contributed by atoms with Crippen LogP contribution in [-0.2, 0) is 0 Å². The molecule has 1 atom stereocenters. The molecule has 1 aromatic heterocycles. The Morgan fingerprint density at radius 3 is 3.00 bits per heavy atom. The lowest BCUT2D eigenvalue weighted by atomic mass is 9.99. The molecule has 2 N–H and O–H groups in total. The number of hydrogen-bond acceptors (Lipinski definition) is 5. The van der Waals surface area contributed by atoms with Gasteiger partial charge < -0.3 is 10.6 Å². The molecule has 1 unspecified atom stereocenters. The van der Waals surface area contributed by atoms with Crippen LogP contribution in [0.15, 0.2) is 6.33 Å². The molecule has 3 heterocycles. The molecular formula is C12H18ClN5. The van der Waals surface area contributed by atoms with Crippen LogP contribution in [0.3, 0.4) is 0 Å². The van der Waals surface area contributed by atoms with Crippen molar-refractivity contribution in [2.75, 3.05) is 36.8 Å². The van der Waals surface area contributed by atoms with Crippen LogP contribution in [0.1, 0.15) is 19.3 Å². The molecule has 3 rings (SSSR count). The molecule has 0 aromatic carbocycles. The largest absolute Gasteiger partial charge is 0.382 e. The third kappa shape index (κ3) is 2.12. The first-order valence-corrected chi connectivity index (χ1v) is 6.88. The van der Waals surface area contributed by atoms with E-state index in [2.05, 4.69) is 19.8 Å². The number of piperidine rings is 1. The number of hydrogen-bond donors (Lipinski definition) is 1. The summed E-state index contributed by atoms with van der Waals surface area (Å²) in [4.78, 5) is 13.0. The molecule has 1 aromatic rings. The van der Waals surface area contributed by atoms with Crippen LogP contribution in [-0.4, -0.2) is 47.1 Å². The Bertz CT molecular complexity index is 438. The summed E-state index contributed by atoms with van der Waals surface area (Å²) in [6.07, 6.45) is 5.42. The first kappa shape index (κ1) is 12.0. The first-order chi connectivity index (χ1) is 8.75. The maximum Gasteiger partial charge on any atom is 0.153 e. The molecule has 6 heteroatoms. The van der Waals surface area contributed by atoms with Gasteiger partial charge in [0.1, 0.15) is 17.2 Å². The lowest BCUT2D eigenvalue weighted by molar-refractivity contribution is 0.133. The average molecular weight is 268 g/mol. The SMILES string of the molecule is Nc1ncnc(N2CCN3CCCCC3C2)c1Cl. The van der Waals surface area contributed by atoms with Crippen molar-refractivity contribution >= 4 is 23.2 Å². The maximum atomic E-state index is 6.20. The van der Waals surface area contributed by atoms with E-state index in [-0.39, 0.29) is 0 Å². The van der Waals surface area contributed by atoms with Crippen molar-refractivity contribution < 1.29 is 0 Å². The van der Waals surface area contributed by atoms with Crippen LogP contribution in [0.25, 0.3) is 0 Å². The molecule has 18 heavy (non-hydrogen) atoms. The number of aromatic nitrogens is 2. The molecule has 0 aliphatic carbocycles. The van der Waals surface area contributed by atoms with Gasteiger partial charge in [0, 0.05) is 25.7 Å². The highest BCUT2D eigenvalue weighted by atomic mass is 35.5. The summed E-state index contributed by atoms with van der Waals surface area (Å²) >= 11 is 6.20. The lowest BCUT2D eigenvalue weighted by Crippen LogP contribution is -2.55. The Hall–Kier alpha value is -1.07. The highest BCUT2D eigenvalue weighted by molar-refractivity contribution is 6.35. The summed E-state index contributed by atoms with van der Waals surface area (Å²) in [5, 5.41) is 0.488. The first-order valence-electron chi connectivity index (χ1n) is 6.50. The van der Waals surface area contributed by atoms with Crippen LogP contribution in [0.4, 0.5) is 11.6 Å². The number of halogens is 1. The topological polar surface area (TPSA) is 58.3 Å². The van der Waals surface area contributed by atoms with Gasteiger partial charge in [-0.2, -0.15) is 0 Å². The van der Waals surface area contributed by atoms with Gasteiger partial charge in [-0.05, 0) is 19.4 Å². The van der Waals surface area contributed by atoms with Gasteiger partial charge in [0.25, 0.3) is 0 Å². The molecule has 0 bridgehead atoms. The minimum atomic E-state index is 0.368. The molecule has 0 amide bonds. The van der Waals surface area contributed by atoms with Crippen molar-refractivity contribution in [2.45, 2.75) is 25.3 Å². The van der Waals surface area contributed by atoms with Crippen molar-refractivity contribution in [1.82, 2.24) is 14.9 Å². The van der Waals surface area contributed by atoms with Gasteiger partial charge in [-0.25, -0.2) is 9.97 Å². The zero-order valence-corrected chi connectivity index (χ0v) is 11.1. The number of anilines is 2. The van der Waals surface area contributed by atoms with Crippen LogP contribution in [0.5, 0.6) is 0 Å². The summed E-state index contributed by atoms with van der Waals surface area (Å²) in [6.45, 7) is 4.28. The lowest BCUT2D eigenvalue weighted by Gasteiger charge is -2.44. The van der Waals surface area contributed by atoms with Gasteiger partial charge in [0.15, 0.2) is 5.82 Å². The Balaban J connectivity index is 1.79. The molecule has 5 nitrogen and oxygen atoms in total. The van der Waals surface area contributed by atoms with Crippen molar-refractivity contribution in [3.05, 3.63) is 11.3 Å². The number of fused-ring (bicyclic) bond motifs is 1. The Labute approximate surface area is 112 Å². The summed E-state index contributed by atoms with van der Waals surface area (Å²) in [7, 11) is 0.